The first-order chi connectivity index (χ1) is 14.6. The fraction of sp³-hybridized carbons (Fsp3) is 0.273. The van der Waals surface area contributed by atoms with Crippen LogP contribution in [0.4, 0.5) is 0 Å². The summed E-state index contributed by atoms with van der Waals surface area (Å²) in [5.74, 6) is -1.08. The lowest BCUT2D eigenvalue weighted by molar-refractivity contribution is -0.129. The van der Waals surface area contributed by atoms with Crippen LogP contribution in [0, 0.1) is 0 Å². The molecule has 8 heteroatoms. The molecule has 1 amide bonds. The molecule has 1 aliphatic heterocycles. The molecule has 1 aromatic carbocycles. The van der Waals surface area contributed by atoms with E-state index in [-0.39, 0.29) is 11.3 Å². The van der Waals surface area contributed by atoms with Crippen LogP contribution in [0.2, 0.25) is 0 Å². The van der Waals surface area contributed by atoms with Gasteiger partial charge in [0.1, 0.15) is 0 Å². The number of thiophene rings is 1. The lowest BCUT2D eigenvalue weighted by atomic mass is 10.00. The number of ketones is 1. The van der Waals surface area contributed by atoms with Crippen LogP contribution in [0.3, 0.4) is 0 Å². The molecule has 3 heterocycles. The molecule has 0 bridgehead atoms. The molecule has 0 saturated heterocycles. The number of rotatable bonds is 8. The van der Waals surface area contributed by atoms with E-state index < -0.39 is 23.5 Å². The number of methoxy groups -OCH3 is 2. The van der Waals surface area contributed by atoms with Crippen LogP contribution in [0.5, 0.6) is 5.75 Å². The molecule has 4 rings (SSSR count). The van der Waals surface area contributed by atoms with Gasteiger partial charge in [-0.15, -0.1) is 11.3 Å². The highest BCUT2D eigenvalue weighted by atomic mass is 32.1. The van der Waals surface area contributed by atoms with Crippen LogP contribution in [0.1, 0.15) is 27.9 Å². The topological polar surface area (TPSA) is 89.2 Å². The minimum atomic E-state index is -0.669. The van der Waals surface area contributed by atoms with Gasteiger partial charge in [-0.2, -0.15) is 0 Å². The first-order valence-corrected chi connectivity index (χ1v) is 10.3. The number of para-hydroxylation sites is 1. The zero-order chi connectivity index (χ0) is 21.3. The molecule has 1 unspecified atom stereocenters. The second-order valence-corrected chi connectivity index (χ2v) is 7.82. The van der Waals surface area contributed by atoms with Crippen molar-refractivity contribution in [3.63, 3.8) is 0 Å². The summed E-state index contributed by atoms with van der Waals surface area (Å²) in [6.07, 6.45) is 0.584. The molecule has 0 aliphatic carbocycles. The lowest BCUT2D eigenvalue weighted by Gasteiger charge is -2.25. The van der Waals surface area contributed by atoms with Gasteiger partial charge in [0.2, 0.25) is 5.78 Å². The fourth-order valence-electron chi connectivity index (χ4n) is 3.68. The van der Waals surface area contributed by atoms with Crippen molar-refractivity contribution < 1.29 is 28.6 Å². The SMILES string of the molecule is COCCCN1C(=O)C(O)=C(C(=O)c2cc3cccc(OC)c3o2)C1c1cccs1. The number of benzene rings is 1. The third-order valence-corrected chi connectivity index (χ3v) is 5.98. The van der Waals surface area contributed by atoms with Crippen molar-refractivity contribution in [1.29, 1.82) is 0 Å². The Labute approximate surface area is 177 Å². The summed E-state index contributed by atoms with van der Waals surface area (Å²) < 4.78 is 16.2. The predicted molar refractivity (Wildman–Crippen MR) is 112 cm³/mol. The number of hydrogen-bond donors (Lipinski definition) is 1. The minimum absolute atomic E-state index is 0.0258. The van der Waals surface area contributed by atoms with Crippen LogP contribution >= 0.6 is 11.3 Å². The summed E-state index contributed by atoms with van der Waals surface area (Å²) in [6, 6.07) is 9.97. The predicted octanol–water partition coefficient (Wildman–Crippen LogP) is 4.12. The second kappa shape index (κ2) is 8.33. The van der Waals surface area contributed by atoms with Gasteiger partial charge in [0, 0.05) is 30.5 Å². The molecule has 30 heavy (non-hydrogen) atoms. The normalized spacial score (nSPS) is 16.7. The van der Waals surface area contributed by atoms with Crippen LogP contribution < -0.4 is 4.74 Å². The average Bonchev–Trinajstić information content (AvgIpc) is 3.48. The van der Waals surface area contributed by atoms with Crippen molar-refractivity contribution in [1.82, 2.24) is 4.90 Å². The lowest BCUT2D eigenvalue weighted by Crippen LogP contribution is -2.32. The smallest absolute Gasteiger partial charge is 0.290 e. The van der Waals surface area contributed by atoms with Crippen LogP contribution in [0.25, 0.3) is 11.0 Å². The van der Waals surface area contributed by atoms with Gasteiger partial charge in [-0.05, 0) is 30.0 Å². The monoisotopic (exact) mass is 427 g/mol. The standard InChI is InChI=1S/C22H21NO6S/c1-27-10-5-9-23-18(16-8-4-11-30-16)17(20(25)22(23)26)19(24)15-12-13-6-3-7-14(28-2)21(13)29-15/h3-4,6-8,11-12,18,25H,5,9-10H2,1-2H3. The number of furan rings is 1. The summed E-state index contributed by atoms with van der Waals surface area (Å²) in [5, 5.41) is 13.2. The van der Waals surface area contributed by atoms with E-state index in [1.54, 1.807) is 31.4 Å². The first-order valence-electron chi connectivity index (χ1n) is 9.44. The summed E-state index contributed by atoms with van der Waals surface area (Å²) in [5.41, 5.74) is 0.468. The Hall–Kier alpha value is -3.10. The zero-order valence-electron chi connectivity index (χ0n) is 16.6. The molecule has 156 valence electrons. The Bertz CT molecular complexity index is 1110. The summed E-state index contributed by atoms with van der Waals surface area (Å²) >= 11 is 1.42. The van der Waals surface area contributed by atoms with Gasteiger partial charge in [0.05, 0.1) is 18.7 Å². The molecular formula is C22H21NO6S. The van der Waals surface area contributed by atoms with E-state index in [9.17, 15) is 14.7 Å². The number of carbonyl (C=O) groups excluding carboxylic acids is 2. The maximum absolute atomic E-state index is 13.4. The van der Waals surface area contributed by atoms with E-state index in [0.29, 0.717) is 36.3 Å². The molecular weight excluding hydrogens is 406 g/mol. The van der Waals surface area contributed by atoms with Crippen molar-refractivity contribution in [2.24, 2.45) is 0 Å². The van der Waals surface area contributed by atoms with Gasteiger partial charge in [-0.3, -0.25) is 9.59 Å². The number of amides is 1. The van der Waals surface area contributed by atoms with E-state index in [1.807, 2.05) is 17.5 Å². The molecule has 7 nitrogen and oxygen atoms in total. The third-order valence-electron chi connectivity index (χ3n) is 5.06. The first kappa shape index (κ1) is 20.2. The summed E-state index contributed by atoms with van der Waals surface area (Å²) in [4.78, 5) is 28.5. The maximum Gasteiger partial charge on any atom is 0.290 e. The number of nitrogens with zero attached hydrogens (tertiary/aromatic N) is 1. The van der Waals surface area contributed by atoms with Gasteiger partial charge in [0.15, 0.2) is 22.9 Å². The average molecular weight is 427 g/mol. The number of carbonyl (C=O) groups is 2. The van der Waals surface area contributed by atoms with Gasteiger partial charge >= 0.3 is 0 Å². The highest BCUT2D eigenvalue weighted by Crippen LogP contribution is 2.41. The van der Waals surface area contributed by atoms with Gasteiger partial charge in [0.25, 0.3) is 5.91 Å². The number of aliphatic hydroxyl groups is 1. The Morgan fingerprint density at radius 2 is 2.10 bits per heavy atom. The van der Waals surface area contributed by atoms with Crippen molar-refractivity contribution in [2.75, 3.05) is 27.4 Å². The Morgan fingerprint density at radius 1 is 1.27 bits per heavy atom. The summed E-state index contributed by atoms with van der Waals surface area (Å²) in [6.45, 7) is 0.818. The Morgan fingerprint density at radius 3 is 2.80 bits per heavy atom. The molecule has 3 aromatic rings. The van der Waals surface area contributed by atoms with Crippen molar-refractivity contribution in [3.05, 3.63) is 63.7 Å². The largest absolute Gasteiger partial charge is 0.503 e. The highest BCUT2D eigenvalue weighted by molar-refractivity contribution is 7.10. The van der Waals surface area contributed by atoms with Crippen molar-refractivity contribution in [3.8, 4) is 5.75 Å². The van der Waals surface area contributed by atoms with E-state index in [1.165, 1.54) is 23.3 Å². The number of ether oxygens (including phenoxy) is 2. The molecule has 0 radical (unpaired) electrons. The number of fused-ring (bicyclic) bond motifs is 1. The second-order valence-electron chi connectivity index (χ2n) is 6.84. The minimum Gasteiger partial charge on any atom is -0.503 e. The molecule has 0 fully saturated rings. The quantitative estimate of drug-likeness (QED) is 0.430. The van der Waals surface area contributed by atoms with E-state index in [0.717, 1.165) is 4.88 Å². The fourth-order valence-corrected chi connectivity index (χ4v) is 4.53. The zero-order valence-corrected chi connectivity index (χ0v) is 17.4. The van der Waals surface area contributed by atoms with Crippen molar-refractivity contribution >= 4 is 34.0 Å². The van der Waals surface area contributed by atoms with Crippen LogP contribution in [-0.4, -0.2) is 49.1 Å². The van der Waals surface area contributed by atoms with Crippen LogP contribution in [0.15, 0.2) is 57.5 Å². The Balaban J connectivity index is 1.75. The van der Waals surface area contributed by atoms with Gasteiger partial charge in [-0.25, -0.2) is 0 Å². The molecule has 0 spiro atoms. The molecule has 1 aliphatic rings. The molecule has 0 saturated carbocycles. The third kappa shape index (κ3) is 3.38. The highest BCUT2D eigenvalue weighted by Gasteiger charge is 2.44. The summed E-state index contributed by atoms with van der Waals surface area (Å²) in [7, 11) is 3.11. The van der Waals surface area contributed by atoms with Gasteiger partial charge in [-0.1, -0.05) is 18.2 Å². The maximum atomic E-state index is 13.4. The number of aliphatic hydroxyl groups excluding tert-OH is 1. The van der Waals surface area contributed by atoms with E-state index >= 15 is 0 Å². The number of Topliss-reactive ketones (excluding diaryl/α,β-unsaturated/α-hetero) is 1. The van der Waals surface area contributed by atoms with Crippen LogP contribution in [-0.2, 0) is 9.53 Å². The Kier molecular flexibility index (Phi) is 5.61. The molecule has 1 atom stereocenters. The molecule has 2 aromatic heterocycles. The van der Waals surface area contributed by atoms with E-state index in [2.05, 4.69) is 0 Å². The number of hydrogen-bond acceptors (Lipinski definition) is 7. The van der Waals surface area contributed by atoms with Crippen molar-refractivity contribution in [2.45, 2.75) is 12.5 Å². The van der Waals surface area contributed by atoms with E-state index in [4.69, 9.17) is 13.9 Å². The van der Waals surface area contributed by atoms with Gasteiger partial charge < -0.3 is 23.9 Å². The molecule has 1 N–H and O–H groups in total.